The lowest BCUT2D eigenvalue weighted by Gasteiger charge is -2.43. The van der Waals surface area contributed by atoms with Crippen molar-refractivity contribution < 1.29 is 0 Å². The van der Waals surface area contributed by atoms with Crippen molar-refractivity contribution in [2.24, 2.45) is 11.7 Å². The molecule has 0 aromatic heterocycles. The van der Waals surface area contributed by atoms with Crippen LogP contribution in [0.1, 0.15) is 45.1 Å². The first-order valence-corrected chi connectivity index (χ1v) is 6.46. The standard InChI is InChI=1S/C15H23N/c1-12-8-10-15(11-9-12,13(2)16)14-6-4-3-5-7-14/h3-7,12-13H,8-11,16H2,1-2H3/t12-,13?,15-. The Labute approximate surface area is 99.0 Å². The van der Waals surface area contributed by atoms with Crippen LogP contribution in [0, 0.1) is 5.92 Å². The molecule has 1 atom stereocenters. The lowest BCUT2D eigenvalue weighted by Crippen LogP contribution is -2.45. The fourth-order valence-electron chi connectivity index (χ4n) is 3.05. The summed E-state index contributed by atoms with van der Waals surface area (Å²) in [4.78, 5) is 0. The van der Waals surface area contributed by atoms with Crippen molar-refractivity contribution in [3.63, 3.8) is 0 Å². The van der Waals surface area contributed by atoms with E-state index in [9.17, 15) is 0 Å². The van der Waals surface area contributed by atoms with Gasteiger partial charge in [-0.05, 0) is 44.1 Å². The molecule has 1 aliphatic rings. The molecular formula is C15H23N. The molecule has 1 aromatic carbocycles. The molecule has 1 unspecified atom stereocenters. The highest BCUT2D eigenvalue weighted by Gasteiger charge is 2.38. The van der Waals surface area contributed by atoms with E-state index in [1.54, 1.807) is 0 Å². The van der Waals surface area contributed by atoms with Gasteiger partial charge in [0.25, 0.3) is 0 Å². The van der Waals surface area contributed by atoms with Gasteiger partial charge in [-0.25, -0.2) is 0 Å². The fourth-order valence-corrected chi connectivity index (χ4v) is 3.05. The minimum absolute atomic E-state index is 0.230. The van der Waals surface area contributed by atoms with E-state index in [4.69, 9.17) is 5.73 Å². The van der Waals surface area contributed by atoms with Gasteiger partial charge in [0.15, 0.2) is 0 Å². The summed E-state index contributed by atoms with van der Waals surface area (Å²) in [5.74, 6) is 0.871. The van der Waals surface area contributed by atoms with Crippen LogP contribution in [0.5, 0.6) is 0 Å². The van der Waals surface area contributed by atoms with E-state index in [1.807, 2.05) is 0 Å². The average molecular weight is 217 g/mol. The molecule has 0 spiro atoms. The Hall–Kier alpha value is -0.820. The molecule has 0 radical (unpaired) electrons. The molecule has 1 nitrogen and oxygen atoms in total. The summed E-state index contributed by atoms with van der Waals surface area (Å²) in [7, 11) is 0. The zero-order chi connectivity index (χ0) is 11.6. The minimum Gasteiger partial charge on any atom is -0.327 e. The van der Waals surface area contributed by atoms with Gasteiger partial charge in [-0.2, -0.15) is 0 Å². The SMILES string of the molecule is CC(N)[C@]1(c2ccccc2)CC[C@H](C)CC1. The summed E-state index contributed by atoms with van der Waals surface area (Å²) < 4.78 is 0. The van der Waals surface area contributed by atoms with Gasteiger partial charge >= 0.3 is 0 Å². The van der Waals surface area contributed by atoms with E-state index >= 15 is 0 Å². The van der Waals surface area contributed by atoms with Crippen molar-refractivity contribution >= 4 is 0 Å². The third-order valence-corrected chi connectivity index (χ3v) is 4.39. The van der Waals surface area contributed by atoms with Crippen LogP contribution < -0.4 is 5.73 Å². The molecule has 0 saturated heterocycles. The van der Waals surface area contributed by atoms with Gasteiger partial charge in [-0.3, -0.25) is 0 Å². The lowest BCUT2D eigenvalue weighted by atomic mass is 9.63. The zero-order valence-corrected chi connectivity index (χ0v) is 10.4. The first kappa shape index (κ1) is 11.7. The number of hydrogen-bond acceptors (Lipinski definition) is 1. The Morgan fingerprint density at radius 1 is 1.19 bits per heavy atom. The van der Waals surface area contributed by atoms with Crippen LogP contribution in [0.2, 0.25) is 0 Å². The maximum absolute atomic E-state index is 6.28. The Morgan fingerprint density at radius 3 is 2.25 bits per heavy atom. The third-order valence-electron chi connectivity index (χ3n) is 4.39. The lowest BCUT2D eigenvalue weighted by molar-refractivity contribution is 0.211. The molecule has 2 rings (SSSR count). The van der Waals surface area contributed by atoms with Crippen LogP contribution in [0.4, 0.5) is 0 Å². The fraction of sp³-hybridized carbons (Fsp3) is 0.600. The molecule has 0 amide bonds. The van der Waals surface area contributed by atoms with Gasteiger partial charge in [-0.1, -0.05) is 37.3 Å². The second-order valence-corrected chi connectivity index (χ2v) is 5.49. The monoisotopic (exact) mass is 217 g/mol. The summed E-state index contributed by atoms with van der Waals surface area (Å²) >= 11 is 0. The van der Waals surface area contributed by atoms with Crippen LogP contribution in [0.3, 0.4) is 0 Å². The third kappa shape index (κ3) is 2.01. The zero-order valence-electron chi connectivity index (χ0n) is 10.4. The van der Waals surface area contributed by atoms with E-state index in [-0.39, 0.29) is 11.5 Å². The molecule has 0 bridgehead atoms. The van der Waals surface area contributed by atoms with E-state index in [2.05, 4.69) is 44.2 Å². The molecule has 2 N–H and O–H groups in total. The highest BCUT2D eigenvalue weighted by atomic mass is 14.7. The van der Waals surface area contributed by atoms with Crippen LogP contribution in [-0.4, -0.2) is 6.04 Å². The average Bonchev–Trinajstić information content (AvgIpc) is 2.31. The number of nitrogens with two attached hydrogens (primary N) is 1. The molecule has 1 heteroatoms. The molecule has 1 aliphatic carbocycles. The van der Waals surface area contributed by atoms with E-state index < -0.39 is 0 Å². The molecule has 0 aliphatic heterocycles. The first-order valence-electron chi connectivity index (χ1n) is 6.46. The molecule has 1 fully saturated rings. The smallest absolute Gasteiger partial charge is 0.0108 e. The molecule has 1 saturated carbocycles. The summed E-state index contributed by atoms with van der Waals surface area (Å²) in [6, 6.07) is 11.1. The summed E-state index contributed by atoms with van der Waals surface area (Å²) in [6.07, 6.45) is 5.12. The van der Waals surface area contributed by atoms with E-state index in [0.29, 0.717) is 0 Å². The summed E-state index contributed by atoms with van der Waals surface area (Å²) in [5, 5.41) is 0. The number of hydrogen-bond donors (Lipinski definition) is 1. The topological polar surface area (TPSA) is 26.0 Å². The van der Waals surface area contributed by atoms with Crippen molar-refractivity contribution in [3.8, 4) is 0 Å². The Morgan fingerprint density at radius 2 is 1.75 bits per heavy atom. The first-order chi connectivity index (χ1) is 7.65. The largest absolute Gasteiger partial charge is 0.327 e. The van der Waals surface area contributed by atoms with Crippen molar-refractivity contribution in [1.82, 2.24) is 0 Å². The van der Waals surface area contributed by atoms with Crippen molar-refractivity contribution in [2.45, 2.75) is 51.0 Å². The highest BCUT2D eigenvalue weighted by molar-refractivity contribution is 5.28. The quantitative estimate of drug-likeness (QED) is 0.806. The number of benzene rings is 1. The minimum atomic E-state index is 0.230. The normalized spacial score (nSPS) is 32.3. The van der Waals surface area contributed by atoms with Gasteiger partial charge in [-0.15, -0.1) is 0 Å². The summed E-state index contributed by atoms with van der Waals surface area (Å²) in [6.45, 7) is 4.53. The van der Waals surface area contributed by atoms with Crippen LogP contribution in [0.15, 0.2) is 30.3 Å². The maximum Gasteiger partial charge on any atom is 0.0108 e. The Balaban J connectivity index is 2.30. The Kier molecular flexibility index (Phi) is 3.34. The molecule has 0 heterocycles. The van der Waals surface area contributed by atoms with E-state index in [0.717, 1.165) is 5.92 Å². The maximum atomic E-state index is 6.28. The summed E-state index contributed by atoms with van der Waals surface area (Å²) in [5.41, 5.74) is 7.95. The van der Waals surface area contributed by atoms with Crippen molar-refractivity contribution in [3.05, 3.63) is 35.9 Å². The predicted molar refractivity (Wildman–Crippen MR) is 69.4 cm³/mol. The second kappa shape index (κ2) is 4.58. The molecule has 88 valence electrons. The van der Waals surface area contributed by atoms with Gasteiger partial charge in [0.05, 0.1) is 0 Å². The van der Waals surface area contributed by atoms with Gasteiger partial charge < -0.3 is 5.73 Å². The van der Waals surface area contributed by atoms with Crippen molar-refractivity contribution in [1.29, 1.82) is 0 Å². The highest BCUT2D eigenvalue weighted by Crippen LogP contribution is 2.43. The second-order valence-electron chi connectivity index (χ2n) is 5.49. The van der Waals surface area contributed by atoms with Gasteiger partial charge in [0, 0.05) is 11.5 Å². The van der Waals surface area contributed by atoms with E-state index in [1.165, 1.54) is 31.2 Å². The van der Waals surface area contributed by atoms with Gasteiger partial charge in [0.1, 0.15) is 0 Å². The predicted octanol–water partition coefficient (Wildman–Crippen LogP) is 3.48. The van der Waals surface area contributed by atoms with Crippen molar-refractivity contribution in [2.75, 3.05) is 0 Å². The Bertz CT molecular complexity index is 321. The van der Waals surface area contributed by atoms with Crippen LogP contribution in [0.25, 0.3) is 0 Å². The van der Waals surface area contributed by atoms with Gasteiger partial charge in [0.2, 0.25) is 0 Å². The van der Waals surface area contributed by atoms with Crippen LogP contribution in [-0.2, 0) is 5.41 Å². The number of rotatable bonds is 2. The van der Waals surface area contributed by atoms with Crippen LogP contribution >= 0.6 is 0 Å². The molecule has 1 aromatic rings. The molecular weight excluding hydrogens is 194 g/mol. The molecule has 16 heavy (non-hydrogen) atoms.